The van der Waals surface area contributed by atoms with E-state index in [9.17, 15) is 0 Å². The first-order chi connectivity index (χ1) is 9.24. The zero-order valence-corrected chi connectivity index (χ0v) is 13.7. The molecule has 0 aromatic rings. The van der Waals surface area contributed by atoms with Gasteiger partial charge in [-0.15, -0.1) is 0 Å². The van der Waals surface area contributed by atoms with Crippen molar-refractivity contribution in [1.82, 2.24) is 10.2 Å². The second kappa shape index (κ2) is 7.90. The van der Waals surface area contributed by atoms with Crippen LogP contribution in [0.4, 0.5) is 0 Å². The molecule has 2 nitrogen and oxygen atoms in total. The van der Waals surface area contributed by atoms with Crippen LogP contribution in [0.3, 0.4) is 0 Å². The van der Waals surface area contributed by atoms with Gasteiger partial charge in [0.25, 0.3) is 0 Å². The summed E-state index contributed by atoms with van der Waals surface area (Å²) < 4.78 is 0. The van der Waals surface area contributed by atoms with E-state index in [-0.39, 0.29) is 0 Å². The van der Waals surface area contributed by atoms with E-state index in [1.54, 1.807) is 0 Å². The zero-order chi connectivity index (χ0) is 13.6. The molecule has 2 aliphatic carbocycles. The van der Waals surface area contributed by atoms with Crippen molar-refractivity contribution in [3.8, 4) is 0 Å². The maximum absolute atomic E-state index is 3.82. The lowest BCUT2D eigenvalue weighted by Crippen LogP contribution is -2.44. The first-order valence-corrected chi connectivity index (χ1v) is 9.54. The van der Waals surface area contributed by atoms with Crippen molar-refractivity contribution in [2.24, 2.45) is 5.41 Å². The summed E-state index contributed by atoms with van der Waals surface area (Å²) in [7, 11) is 2.32. The van der Waals surface area contributed by atoms with Crippen LogP contribution < -0.4 is 5.32 Å². The van der Waals surface area contributed by atoms with Gasteiger partial charge in [0.15, 0.2) is 0 Å². The lowest BCUT2D eigenvalue weighted by atomic mass is 9.79. The average molecular weight is 285 g/mol. The van der Waals surface area contributed by atoms with Crippen LogP contribution in [0.25, 0.3) is 0 Å². The molecule has 19 heavy (non-hydrogen) atoms. The van der Waals surface area contributed by atoms with E-state index in [1.807, 2.05) is 11.8 Å². The molecule has 0 bridgehead atoms. The molecule has 0 radical (unpaired) electrons. The Bertz CT molecular complexity index is 245. The Hall–Kier alpha value is 0.270. The van der Waals surface area contributed by atoms with Crippen molar-refractivity contribution in [2.45, 2.75) is 57.4 Å². The molecule has 3 heteroatoms. The fourth-order valence-corrected chi connectivity index (χ4v) is 3.91. The van der Waals surface area contributed by atoms with Crippen molar-refractivity contribution in [2.75, 3.05) is 38.7 Å². The molecular weight excluding hydrogens is 252 g/mol. The second-order valence-corrected chi connectivity index (χ2v) is 7.79. The van der Waals surface area contributed by atoms with E-state index in [1.165, 1.54) is 76.8 Å². The van der Waals surface area contributed by atoms with Crippen LogP contribution in [-0.4, -0.2) is 49.6 Å². The molecule has 2 fully saturated rings. The van der Waals surface area contributed by atoms with Gasteiger partial charge in [-0.05, 0) is 44.4 Å². The summed E-state index contributed by atoms with van der Waals surface area (Å²) >= 11 is 1.97. The Labute approximate surface area is 124 Å². The highest BCUT2D eigenvalue weighted by Gasteiger charge is 2.34. The molecule has 0 unspecified atom stereocenters. The topological polar surface area (TPSA) is 15.3 Å². The Morgan fingerprint density at radius 3 is 2.42 bits per heavy atom. The lowest BCUT2D eigenvalue weighted by Gasteiger charge is -2.37. The zero-order valence-electron chi connectivity index (χ0n) is 12.9. The maximum Gasteiger partial charge on any atom is 0.00694 e. The molecular formula is C16H32N2S. The van der Waals surface area contributed by atoms with Gasteiger partial charge in [-0.1, -0.05) is 25.7 Å². The number of nitrogens with one attached hydrogen (secondary N) is 1. The molecule has 1 N–H and O–H groups in total. The second-order valence-electron chi connectivity index (χ2n) is 6.80. The number of thioether (sulfide) groups is 1. The highest BCUT2D eigenvalue weighted by molar-refractivity contribution is 7.98. The third-order valence-corrected chi connectivity index (χ3v) is 5.38. The Balaban J connectivity index is 1.86. The van der Waals surface area contributed by atoms with Crippen molar-refractivity contribution in [3.63, 3.8) is 0 Å². The van der Waals surface area contributed by atoms with Gasteiger partial charge in [0.05, 0.1) is 0 Å². The van der Waals surface area contributed by atoms with Gasteiger partial charge in [-0.2, -0.15) is 11.8 Å². The quantitative estimate of drug-likeness (QED) is 0.688. The smallest absolute Gasteiger partial charge is 0.00694 e. The van der Waals surface area contributed by atoms with Gasteiger partial charge < -0.3 is 10.2 Å². The fraction of sp³-hybridized carbons (Fsp3) is 1.00. The molecule has 112 valence electrons. The summed E-state index contributed by atoms with van der Waals surface area (Å²) in [5, 5.41) is 3.82. The highest BCUT2D eigenvalue weighted by Crippen LogP contribution is 2.36. The summed E-state index contributed by atoms with van der Waals surface area (Å²) in [5.41, 5.74) is 0.562. The Morgan fingerprint density at radius 2 is 1.84 bits per heavy atom. The number of rotatable bonds is 8. The first-order valence-electron chi connectivity index (χ1n) is 8.15. The van der Waals surface area contributed by atoms with Crippen molar-refractivity contribution in [1.29, 1.82) is 0 Å². The largest absolute Gasteiger partial charge is 0.313 e. The normalized spacial score (nSPS) is 23.5. The number of hydrogen-bond acceptors (Lipinski definition) is 3. The van der Waals surface area contributed by atoms with Crippen molar-refractivity contribution < 1.29 is 0 Å². The molecule has 2 aliphatic rings. The average Bonchev–Trinajstić information content (AvgIpc) is 3.22. The Morgan fingerprint density at radius 1 is 1.16 bits per heavy atom. The third-order valence-electron chi connectivity index (χ3n) is 4.79. The molecule has 0 atom stereocenters. The molecule has 0 heterocycles. The van der Waals surface area contributed by atoms with E-state index in [0.29, 0.717) is 5.41 Å². The van der Waals surface area contributed by atoms with Crippen LogP contribution >= 0.6 is 11.8 Å². The lowest BCUT2D eigenvalue weighted by molar-refractivity contribution is 0.150. The molecule has 2 saturated carbocycles. The van der Waals surface area contributed by atoms with E-state index in [2.05, 4.69) is 23.5 Å². The van der Waals surface area contributed by atoms with Gasteiger partial charge in [-0.25, -0.2) is 0 Å². The van der Waals surface area contributed by atoms with E-state index < -0.39 is 0 Å². The van der Waals surface area contributed by atoms with Crippen LogP contribution in [0.5, 0.6) is 0 Å². The summed E-state index contributed by atoms with van der Waals surface area (Å²) in [4.78, 5) is 2.58. The van der Waals surface area contributed by atoms with E-state index in [4.69, 9.17) is 0 Å². The van der Waals surface area contributed by atoms with Crippen LogP contribution in [-0.2, 0) is 0 Å². The number of nitrogens with zero attached hydrogens (tertiary/aromatic N) is 1. The van der Waals surface area contributed by atoms with Crippen LogP contribution in [0.1, 0.15) is 51.4 Å². The predicted molar refractivity (Wildman–Crippen MR) is 87.0 cm³/mol. The van der Waals surface area contributed by atoms with Gasteiger partial charge in [-0.3, -0.25) is 0 Å². The molecule has 0 amide bonds. The van der Waals surface area contributed by atoms with Gasteiger partial charge in [0, 0.05) is 31.4 Å². The molecule has 0 spiro atoms. The standard InChI is InChI=1S/C16H32N2S/c1-18(11-12-19-2)14-16(13-17-15-7-8-15)9-5-3-4-6-10-16/h15,17H,3-14H2,1-2H3. The van der Waals surface area contributed by atoms with E-state index >= 15 is 0 Å². The van der Waals surface area contributed by atoms with Crippen LogP contribution in [0.15, 0.2) is 0 Å². The van der Waals surface area contributed by atoms with Gasteiger partial charge in [0.1, 0.15) is 0 Å². The van der Waals surface area contributed by atoms with Crippen molar-refractivity contribution in [3.05, 3.63) is 0 Å². The molecule has 0 aromatic carbocycles. The summed E-state index contributed by atoms with van der Waals surface area (Å²) in [6, 6.07) is 0.858. The first kappa shape index (κ1) is 15.7. The van der Waals surface area contributed by atoms with Crippen LogP contribution in [0, 0.1) is 5.41 Å². The third kappa shape index (κ3) is 5.65. The molecule has 0 aliphatic heterocycles. The maximum atomic E-state index is 3.82. The highest BCUT2D eigenvalue weighted by atomic mass is 32.2. The Kier molecular flexibility index (Phi) is 6.51. The van der Waals surface area contributed by atoms with Gasteiger partial charge >= 0.3 is 0 Å². The summed E-state index contributed by atoms with van der Waals surface area (Å²) in [5.74, 6) is 1.27. The predicted octanol–water partition coefficient (Wildman–Crippen LogP) is 3.37. The minimum Gasteiger partial charge on any atom is -0.313 e. The summed E-state index contributed by atoms with van der Waals surface area (Å²) in [6.07, 6.45) is 13.7. The fourth-order valence-electron chi connectivity index (χ4n) is 3.42. The summed E-state index contributed by atoms with van der Waals surface area (Å²) in [6.45, 7) is 3.81. The molecule has 2 rings (SSSR count). The minimum atomic E-state index is 0.562. The number of hydrogen-bond donors (Lipinski definition) is 1. The molecule has 0 saturated heterocycles. The van der Waals surface area contributed by atoms with E-state index in [0.717, 1.165) is 6.04 Å². The SMILES string of the molecule is CSCCN(C)CC1(CNC2CC2)CCCCCC1. The van der Waals surface area contributed by atoms with Crippen LogP contribution in [0.2, 0.25) is 0 Å². The van der Waals surface area contributed by atoms with Gasteiger partial charge in [0.2, 0.25) is 0 Å². The minimum absolute atomic E-state index is 0.562. The monoisotopic (exact) mass is 284 g/mol. The molecule has 0 aromatic heterocycles. The van der Waals surface area contributed by atoms with Crippen molar-refractivity contribution >= 4 is 11.8 Å².